The summed E-state index contributed by atoms with van der Waals surface area (Å²) in [6, 6.07) is 3.27. The maximum absolute atomic E-state index is 12.4. The van der Waals surface area contributed by atoms with Crippen LogP contribution in [0.15, 0.2) is 12.1 Å². The number of pyridine rings is 1. The quantitative estimate of drug-likeness (QED) is 0.802. The summed E-state index contributed by atoms with van der Waals surface area (Å²) in [5.74, 6) is 0. The van der Waals surface area contributed by atoms with Gasteiger partial charge in [-0.15, -0.1) is 0 Å². The van der Waals surface area contributed by atoms with Gasteiger partial charge in [-0.1, -0.05) is 23.2 Å². The van der Waals surface area contributed by atoms with Gasteiger partial charge in [0, 0.05) is 19.6 Å². The lowest BCUT2D eigenvalue weighted by Crippen LogP contribution is -2.50. The first-order valence-corrected chi connectivity index (χ1v) is 7.55. The summed E-state index contributed by atoms with van der Waals surface area (Å²) in [7, 11) is 0. The Balaban J connectivity index is 2.24. The van der Waals surface area contributed by atoms with E-state index in [-0.39, 0.29) is 12.1 Å². The fourth-order valence-corrected chi connectivity index (χ4v) is 2.69. The van der Waals surface area contributed by atoms with Crippen LogP contribution in [0.2, 0.25) is 10.3 Å². The van der Waals surface area contributed by atoms with Crippen molar-refractivity contribution in [1.29, 1.82) is 0 Å². The zero-order valence-electron chi connectivity index (χ0n) is 12.3. The molecule has 7 heteroatoms. The van der Waals surface area contributed by atoms with Gasteiger partial charge in [0.1, 0.15) is 15.9 Å². The highest BCUT2D eigenvalue weighted by Gasteiger charge is 2.31. The smallest absolute Gasteiger partial charge is 0.410 e. The molecule has 1 fully saturated rings. The van der Waals surface area contributed by atoms with Gasteiger partial charge in [0.25, 0.3) is 0 Å². The van der Waals surface area contributed by atoms with E-state index in [4.69, 9.17) is 27.9 Å². The van der Waals surface area contributed by atoms with Crippen LogP contribution in [0.5, 0.6) is 0 Å². The third-order valence-corrected chi connectivity index (χ3v) is 3.43. The number of amides is 1. The van der Waals surface area contributed by atoms with Crippen LogP contribution in [0, 0.1) is 0 Å². The van der Waals surface area contributed by atoms with Crippen LogP contribution in [0.3, 0.4) is 0 Å². The van der Waals surface area contributed by atoms with Crippen LogP contribution in [-0.4, -0.2) is 41.2 Å². The largest absolute Gasteiger partial charge is 0.444 e. The van der Waals surface area contributed by atoms with E-state index in [0.717, 1.165) is 12.1 Å². The van der Waals surface area contributed by atoms with Crippen LogP contribution in [-0.2, 0) is 4.74 Å². The number of nitrogens with one attached hydrogen (secondary N) is 1. The van der Waals surface area contributed by atoms with Crippen LogP contribution < -0.4 is 5.32 Å². The molecule has 0 aromatic carbocycles. The third-order valence-electron chi connectivity index (χ3n) is 3.04. The van der Waals surface area contributed by atoms with Gasteiger partial charge >= 0.3 is 6.09 Å². The summed E-state index contributed by atoms with van der Waals surface area (Å²) < 4.78 is 5.47. The molecule has 2 rings (SSSR count). The molecule has 5 nitrogen and oxygen atoms in total. The first-order valence-electron chi connectivity index (χ1n) is 6.79. The summed E-state index contributed by atoms with van der Waals surface area (Å²) >= 11 is 11.9. The molecule has 0 radical (unpaired) electrons. The van der Waals surface area contributed by atoms with E-state index in [1.54, 1.807) is 17.0 Å². The Morgan fingerprint density at radius 2 is 2.00 bits per heavy atom. The van der Waals surface area contributed by atoms with Gasteiger partial charge in [-0.05, 0) is 38.5 Å². The van der Waals surface area contributed by atoms with Crippen LogP contribution in [0.25, 0.3) is 0 Å². The average molecular weight is 332 g/mol. The summed E-state index contributed by atoms with van der Waals surface area (Å²) in [6.45, 7) is 7.46. The first-order chi connectivity index (χ1) is 9.76. The Bertz CT molecular complexity index is 511. The third kappa shape index (κ3) is 4.46. The van der Waals surface area contributed by atoms with Crippen molar-refractivity contribution in [3.05, 3.63) is 28.0 Å². The minimum atomic E-state index is -0.528. The molecule has 0 aliphatic carbocycles. The fraction of sp³-hybridized carbons (Fsp3) is 0.571. The number of ether oxygens (including phenoxy) is 1. The molecular formula is C14H19Cl2N3O2. The molecule has 1 N–H and O–H groups in total. The van der Waals surface area contributed by atoms with Crippen molar-refractivity contribution in [1.82, 2.24) is 15.2 Å². The van der Waals surface area contributed by atoms with Crippen molar-refractivity contribution >= 4 is 29.3 Å². The van der Waals surface area contributed by atoms with E-state index in [9.17, 15) is 4.79 Å². The van der Waals surface area contributed by atoms with Crippen molar-refractivity contribution in [3.8, 4) is 0 Å². The number of hydrogen-bond acceptors (Lipinski definition) is 4. The molecule has 1 aliphatic heterocycles. The Kier molecular flexibility index (Phi) is 4.96. The second-order valence-corrected chi connectivity index (χ2v) is 6.71. The molecule has 1 aromatic heterocycles. The number of hydrogen-bond donors (Lipinski definition) is 1. The molecule has 1 amide bonds. The van der Waals surface area contributed by atoms with Gasteiger partial charge in [0.15, 0.2) is 0 Å². The molecule has 1 saturated heterocycles. The predicted octanol–water partition coefficient (Wildman–Crippen LogP) is 3.27. The Hall–Kier alpha value is -1.04. The average Bonchev–Trinajstić information content (AvgIpc) is 2.35. The minimum Gasteiger partial charge on any atom is -0.444 e. The molecule has 1 aromatic rings. The zero-order chi connectivity index (χ0) is 15.6. The number of aromatic nitrogens is 1. The van der Waals surface area contributed by atoms with Gasteiger partial charge in [-0.25, -0.2) is 9.78 Å². The van der Waals surface area contributed by atoms with Gasteiger partial charge in [-0.2, -0.15) is 0 Å². The lowest BCUT2D eigenvalue weighted by molar-refractivity contribution is 0.0118. The van der Waals surface area contributed by atoms with Crippen molar-refractivity contribution < 1.29 is 9.53 Å². The van der Waals surface area contributed by atoms with Crippen LogP contribution in [0.1, 0.15) is 32.4 Å². The topological polar surface area (TPSA) is 54.5 Å². The summed E-state index contributed by atoms with van der Waals surface area (Å²) in [4.78, 5) is 18.0. The normalized spacial score (nSPS) is 19.5. The number of rotatable bonds is 1. The molecule has 116 valence electrons. The van der Waals surface area contributed by atoms with Gasteiger partial charge in [-0.3, -0.25) is 4.90 Å². The van der Waals surface area contributed by atoms with Gasteiger partial charge in [0.2, 0.25) is 0 Å². The monoisotopic (exact) mass is 331 g/mol. The lowest BCUT2D eigenvalue weighted by Gasteiger charge is -2.37. The summed E-state index contributed by atoms with van der Waals surface area (Å²) in [5, 5.41) is 3.89. The van der Waals surface area contributed by atoms with Crippen molar-refractivity contribution in [3.63, 3.8) is 0 Å². The van der Waals surface area contributed by atoms with Crippen molar-refractivity contribution in [2.75, 3.05) is 19.6 Å². The molecule has 21 heavy (non-hydrogen) atoms. The number of piperazine rings is 1. The highest BCUT2D eigenvalue weighted by atomic mass is 35.5. The summed E-state index contributed by atoms with van der Waals surface area (Å²) in [6.07, 6.45) is -0.335. The highest BCUT2D eigenvalue weighted by molar-refractivity contribution is 6.32. The van der Waals surface area contributed by atoms with Gasteiger partial charge in [0.05, 0.1) is 6.04 Å². The number of carbonyl (C=O) groups excluding carboxylic acids is 1. The van der Waals surface area contributed by atoms with Gasteiger partial charge < -0.3 is 10.1 Å². The Labute approximate surface area is 134 Å². The number of halogens is 2. The van der Waals surface area contributed by atoms with E-state index >= 15 is 0 Å². The van der Waals surface area contributed by atoms with Crippen molar-refractivity contribution in [2.24, 2.45) is 0 Å². The van der Waals surface area contributed by atoms with E-state index < -0.39 is 5.60 Å². The molecule has 1 aliphatic rings. The zero-order valence-corrected chi connectivity index (χ0v) is 13.8. The van der Waals surface area contributed by atoms with E-state index in [1.807, 2.05) is 20.8 Å². The molecule has 1 atom stereocenters. The number of carbonyl (C=O) groups is 1. The van der Waals surface area contributed by atoms with Crippen molar-refractivity contribution in [2.45, 2.75) is 32.4 Å². The van der Waals surface area contributed by atoms with E-state index in [1.165, 1.54) is 0 Å². The molecule has 0 saturated carbocycles. The minimum absolute atomic E-state index is 0.174. The maximum Gasteiger partial charge on any atom is 0.410 e. The number of nitrogens with zero attached hydrogens (tertiary/aromatic N) is 2. The SMILES string of the molecule is CC(C)(C)OC(=O)N1CCNCC1c1cc(Cl)nc(Cl)c1. The molecular weight excluding hydrogens is 313 g/mol. The first kappa shape index (κ1) is 16.3. The second-order valence-electron chi connectivity index (χ2n) is 5.94. The standard InChI is InChI=1S/C14H19Cl2N3O2/c1-14(2,3)21-13(20)19-5-4-17-8-10(19)9-6-11(15)18-12(16)7-9/h6-7,10,17H,4-5,8H2,1-3H3. The summed E-state index contributed by atoms with van der Waals surface area (Å²) in [5.41, 5.74) is 0.318. The Morgan fingerprint density at radius 3 is 2.57 bits per heavy atom. The van der Waals surface area contributed by atoms with Crippen LogP contribution >= 0.6 is 23.2 Å². The molecule has 1 unspecified atom stereocenters. The second kappa shape index (κ2) is 6.38. The molecule has 0 bridgehead atoms. The maximum atomic E-state index is 12.4. The molecule has 2 heterocycles. The van der Waals surface area contributed by atoms with Crippen LogP contribution in [0.4, 0.5) is 4.79 Å². The highest BCUT2D eigenvalue weighted by Crippen LogP contribution is 2.27. The Morgan fingerprint density at radius 1 is 1.38 bits per heavy atom. The van der Waals surface area contributed by atoms with E-state index in [2.05, 4.69) is 10.3 Å². The predicted molar refractivity (Wildman–Crippen MR) is 82.8 cm³/mol. The lowest BCUT2D eigenvalue weighted by atomic mass is 10.1. The molecule has 0 spiro atoms. The fourth-order valence-electron chi connectivity index (χ4n) is 2.22. The van der Waals surface area contributed by atoms with E-state index in [0.29, 0.717) is 23.4 Å².